The van der Waals surface area contributed by atoms with Crippen LogP contribution in [0.5, 0.6) is 0 Å². The average Bonchev–Trinajstić information content (AvgIpc) is 2.89. The second-order valence-electron chi connectivity index (χ2n) is 4.97. The Morgan fingerprint density at radius 1 is 1.00 bits per heavy atom. The molecule has 3 heteroatoms. The number of para-hydroxylation sites is 1. The molecule has 0 saturated carbocycles. The Balaban J connectivity index is 2.19. The smallest absolute Gasteiger partial charge is 0.161 e. The first-order chi connectivity index (χ1) is 10.4. The molecule has 101 valence electrons. The first-order valence-electron chi connectivity index (χ1n) is 7.08. The van der Waals surface area contributed by atoms with Gasteiger partial charge in [0.25, 0.3) is 0 Å². The summed E-state index contributed by atoms with van der Waals surface area (Å²) in [6.45, 7) is 3.08. The predicted octanol–water partition coefficient (Wildman–Crippen LogP) is 4.07. The molecule has 0 aliphatic heterocycles. The van der Waals surface area contributed by atoms with E-state index in [2.05, 4.69) is 57.9 Å². The summed E-state index contributed by atoms with van der Waals surface area (Å²) in [5.41, 5.74) is 3.46. The minimum absolute atomic E-state index is 0.747. The molecular formula is C18H14N3. The zero-order valence-corrected chi connectivity index (χ0v) is 11.7. The number of hydrogen-bond donors (Lipinski definition) is 0. The van der Waals surface area contributed by atoms with Crippen LogP contribution < -0.4 is 0 Å². The van der Waals surface area contributed by atoms with Crippen LogP contribution in [-0.2, 0) is 6.54 Å². The fourth-order valence-corrected chi connectivity index (χ4v) is 2.98. The first-order valence-corrected chi connectivity index (χ1v) is 7.08. The van der Waals surface area contributed by atoms with Crippen molar-refractivity contribution in [2.24, 2.45) is 0 Å². The number of fused-ring (bicyclic) bond motifs is 3. The summed E-state index contributed by atoms with van der Waals surface area (Å²) in [6, 6.07) is 17.6. The highest BCUT2D eigenvalue weighted by molar-refractivity contribution is 6.12. The Bertz CT molecular complexity index is 923. The molecule has 0 fully saturated rings. The number of hydrogen-bond acceptors (Lipinski definition) is 2. The van der Waals surface area contributed by atoms with Gasteiger partial charge in [-0.2, -0.15) is 0 Å². The number of rotatable bonds is 2. The summed E-state index contributed by atoms with van der Waals surface area (Å²) in [5.74, 6) is 0.747. The van der Waals surface area contributed by atoms with E-state index < -0.39 is 0 Å². The molecule has 1 radical (unpaired) electrons. The summed E-state index contributed by atoms with van der Waals surface area (Å²) in [6.07, 6.45) is 3.56. The van der Waals surface area contributed by atoms with Crippen LogP contribution >= 0.6 is 0 Å². The van der Waals surface area contributed by atoms with E-state index in [0.29, 0.717) is 0 Å². The highest BCUT2D eigenvalue weighted by atomic mass is 15.0. The van der Waals surface area contributed by atoms with Gasteiger partial charge in [-0.05, 0) is 37.3 Å². The van der Waals surface area contributed by atoms with E-state index in [1.807, 2.05) is 12.1 Å². The highest BCUT2D eigenvalue weighted by Crippen LogP contribution is 2.34. The van der Waals surface area contributed by atoms with Gasteiger partial charge in [0.2, 0.25) is 0 Å². The molecule has 0 atom stereocenters. The van der Waals surface area contributed by atoms with Crippen LogP contribution in [0, 0.1) is 6.07 Å². The molecule has 0 aliphatic carbocycles. The Hall–Kier alpha value is -2.68. The summed E-state index contributed by atoms with van der Waals surface area (Å²) in [4.78, 5) is 8.80. The number of benzene rings is 2. The maximum absolute atomic E-state index is 4.40. The topological polar surface area (TPSA) is 30.7 Å². The van der Waals surface area contributed by atoms with Crippen molar-refractivity contribution in [2.75, 3.05) is 0 Å². The maximum Gasteiger partial charge on any atom is 0.161 e. The highest BCUT2D eigenvalue weighted by Gasteiger charge is 2.14. The molecule has 2 aromatic heterocycles. The fraction of sp³-hybridized carbons (Fsp3) is 0.111. The Kier molecular flexibility index (Phi) is 2.71. The van der Waals surface area contributed by atoms with Gasteiger partial charge >= 0.3 is 0 Å². The summed E-state index contributed by atoms with van der Waals surface area (Å²) in [5, 5.41) is 2.46. The summed E-state index contributed by atoms with van der Waals surface area (Å²) >= 11 is 0. The van der Waals surface area contributed by atoms with Gasteiger partial charge in [0, 0.05) is 40.8 Å². The minimum Gasteiger partial charge on any atom is -0.340 e. The van der Waals surface area contributed by atoms with E-state index in [4.69, 9.17) is 0 Å². The maximum atomic E-state index is 4.40. The second-order valence-corrected chi connectivity index (χ2v) is 4.97. The van der Waals surface area contributed by atoms with Crippen LogP contribution in [0.25, 0.3) is 33.2 Å². The van der Waals surface area contributed by atoms with E-state index in [-0.39, 0.29) is 0 Å². The summed E-state index contributed by atoms with van der Waals surface area (Å²) in [7, 11) is 0. The lowest BCUT2D eigenvalue weighted by Gasteiger charge is -2.07. The van der Waals surface area contributed by atoms with Crippen molar-refractivity contribution in [1.29, 1.82) is 0 Å². The van der Waals surface area contributed by atoms with Crippen molar-refractivity contribution in [3.8, 4) is 11.4 Å². The van der Waals surface area contributed by atoms with E-state index in [0.717, 1.165) is 17.9 Å². The molecule has 21 heavy (non-hydrogen) atoms. The summed E-state index contributed by atoms with van der Waals surface area (Å²) < 4.78 is 2.32. The minimum atomic E-state index is 0.747. The monoisotopic (exact) mass is 272 g/mol. The van der Waals surface area contributed by atoms with Gasteiger partial charge < -0.3 is 4.57 Å². The van der Waals surface area contributed by atoms with Crippen molar-refractivity contribution >= 4 is 21.8 Å². The van der Waals surface area contributed by atoms with Crippen molar-refractivity contribution in [1.82, 2.24) is 14.5 Å². The first kappa shape index (κ1) is 12.1. The van der Waals surface area contributed by atoms with Gasteiger partial charge in [-0.15, -0.1) is 0 Å². The Morgan fingerprint density at radius 3 is 2.62 bits per heavy atom. The third-order valence-electron chi connectivity index (χ3n) is 3.84. The van der Waals surface area contributed by atoms with Gasteiger partial charge in [0.05, 0.1) is 5.52 Å². The zero-order valence-electron chi connectivity index (χ0n) is 11.7. The number of aryl methyl sites for hydroxylation is 1. The van der Waals surface area contributed by atoms with Crippen LogP contribution in [0.3, 0.4) is 0 Å². The molecule has 0 N–H and O–H groups in total. The molecule has 3 nitrogen and oxygen atoms in total. The molecule has 0 saturated heterocycles. The predicted molar refractivity (Wildman–Crippen MR) is 85.0 cm³/mol. The lowest BCUT2D eigenvalue weighted by molar-refractivity contribution is 0.827. The number of nitrogens with zero attached hydrogens (tertiary/aromatic N) is 3. The Morgan fingerprint density at radius 2 is 1.81 bits per heavy atom. The molecule has 0 aliphatic rings. The third-order valence-corrected chi connectivity index (χ3v) is 3.84. The van der Waals surface area contributed by atoms with Gasteiger partial charge in [0.15, 0.2) is 5.82 Å². The van der Waals surface area contributed by atoms with Crippen molar-refractivity contribution < 1.29 is 0 Å². The zero-order chi connectivity index (χ0) is 14.2. The Labute approximate surface area is 122 Å². The van der Waals surface area contributed by atoms with E-state index >= 15 is 0 Å². The van der Waals surface area contributed by atoms with Crippen molar-refractivity contribution in [3.63, 3.8) is 0 Å². The third kappa shape index (κ3) is 1.74. The second kappa shape index (κ2) is 4.70. The molecular weight excluding hydrogens is 258 g/mol. The number of aromatic nitrogens is 3. The molecule has 0 unspecified atom stereocenters. The molecule has 0 spiro atoms. The van der Waals surface area contributed by atoms with E-state index in [1.165, 1.54) is 21.8 Å². The van der Waals surface area contributed by atoms with Gasteiger partial charge in [-0.1, -0.05) is 18.2 Å². The van der Waals surface area contributed by atoms with Crippen LogP contribution in [0.15, 0.2) is 54.9 Å². The van der Waals surface area contributed by atoms with Crippen LogP contribution in [0.4, 0.5) is 0 Å². The van der Waals surface area contributed by atoms with Crippen LogP contribution in [-0.4, -0.2) is 14.5 Å². The molecule has 2 aromatic carbocycles. The van der Waals surface area contributed by atoms with Crippen LogP contribution in [0.1, 0.15) is 6.92 Å². The van der Waals surface area contributed by atoms with Crippen molar-refractivity contribution in [3.05, 3.63) is 60.9 Å². The van der Waals surface area contributed by atoms with Gasteiger partial charge in [0.1, 0.15) is 0 Å². The SMILES string of the molecule is CCn1c2ccccc2c2c[c]cc(-c3ncccn3)c21. The lowest BCUT2D eigenvalue weighted by Crippen LogP contribution is -1.96. The van der Waals surface area contributed by atoms with Gasteiger partial charge in [-0.25, -0.2) is 9.97 Å². The molecule has 4 rings (SSSR count). The van der Waals surface area contributed by atoms with E-state index in [1.54, 1.807) is 12.4 Å². The fourth-order valence-electron chi connectivity index (χ4n) is 2.98. The van der Waals surface area contributed by atoms with Crippen LogP contribution in [0.2, 0.25) is 0 Å². The molecule has 2 heterocycles. The van der Waals surface area contributed by atoms with Crippen molar-refractivity contribution in [2.45, 2.75) is 13.5 Å². The standard InChI is InChI=1S/C18H14N3/c1-2-21-16-10-4-3-7-13(16)14-8-5-9-15(17(14)21)18-19-11-6-12-20-18/h3-4,6-12H,2H2,1H3. The average molecular weight is 272 g/mol. The molecule has 4 aromatic rings. The molecule has 0 bridgehead atoms. The van der Waals surface area contributed by atoms with Gasteiger partial charge in [-0.3, -0.25) is 0 Å². The molecule has 0 amide bonds. The van der Waals surface area contributed by atoms with E-state index in [9.17, 15) is 0 Å². The largest absolute Gasteiger partial charge is 0.340 e. The quantitative estimate of drug-likeness (QED) is 0.550. The normalized spacial score (nSPS) is 11.3. The lowest BCUT2D eigenvalue weighted by atomic mass is 10.1.